The molecular formula is C26H25N3O4. The van der Waals surface area contributed by atoms with Crippen molar-refractivity contribution < 1.29 is 14.3 Å². The summed E-state index contributed by atoms with van der Waals surface area (Å²) in [4.78, 5) is 25.4. The van der Waals surface area contributed by atoms with Crippen molar-refractivity contribution in [1.82, 2.24) is 9.36 Å². The van der Waals surface area contributed by atoms with Crippen molar-refractivity contribution in [3.63, 3.8) is 0 Å². The van der Waals surface area contributed by atoms with Gasteiger partial charge in [-0.25, -0.2) is 4.68 Å². The molecule has 0 radical (unpaired) electrons. The Labute approximate surface area is 191 Å². The van der Waals surface area contributed by atoms with E-state index in [2.05, 4.69) is 5.32 Å². The van der Waals surface area contributed by atoms with Crippen LogP contribution in [0.2, 0.25) is 0 Å². The van der Waals surface area contributed by atoms with E-state index in [4.69, 9.17) is 9.47 Å². The van der Waals surface area contributed by atoms with Crippen molar-refractivity contribution in [2.24, 2.45) is 7.05 Å². The SMILES string of the molecule is Cc1ccc(Oc2ccc(OCC(=O)Nc3c(C)n(C)n(-c4ccccc4)c3=O)cc2)cc1. The van der Waals surface area contributed by atoms with Gasteiger partial charge in [-0.1, -0.05) is 35.9 Å². The molecule has 1 amide bonds. The van der Waals surface area contributed by atoms with Gasteiger partial charge in [0.15, 0.2) is 6.61 Å². The summed E-state index contributed by atoms with van der Waals surface area (Å²) in [5.74, 6) is 1.51. The highest BCUT2D eigenvalue weighted by atomic mass is 16.5. The van der Waals surface area contributed by atoms with Gasteiger partial charge >= 0.3 is 0 Å². The Bertz CT molecular complexity index is 1300. The van der Waals surface area contributed by atoms with Gasteiger partial charge in [0.1, 0.15) is 22.9 Å². The summed E-state index contributed by atoms with van der Waals surface area (Å²) in [6.07, 6.45) is 0. The fourth-order valence-corrected chi connectivity index (χ4v) is 3.38. The minimum atomic E-state index is -0.416. The maximum Gasteiger partial charge on any atom is 0.295 e. The van der Waals surface area contributed by atoms with Crippen LogP contribution in [0.15, 0.2) is 83.7 Å². The predicted molar refractivity (Wildman–Crippen MR) is 128 cm³/mol. The van der Waals surface area contributed by atoms with Crippen LogP contribution >= 0.6 is 0 Å². The Hall–Kier alpha value is -4.26. The summed E-state index contributed by atoms with van der Waals surface area (Å²) in [6, 6.07) is 24.0. The molecule has 168 valence electrons. The van der Waals surface area contributed by atoms with Crippen molar-refractivity contribution in [2.75, 3.05) is 11.9 Å². The number of nitrogens with one attached hydrogen (secondary N) is 1. The summed E-state index contributed by atoms with van der Waals surface area (Å²) >= 11 is 0. The molecular weight excluding hydrogens is 418 g/mol. The molecule has 0 aliphatic rings. The lowest BCUT2D eigenvalue weighted by molar-refractivity contribution is -0.118. The Kier molecular flexibility index (Phi) is 6.31. The number of anilines is 1. The van der Waals surface area contributed by atoms with Gasteiger partial charge in [0, 0.05) is 7.05 Å². The Morgan fingerprint density at radius 3 is 2.06 bits per heavy atom. The summed E-state index contributed by atoms with van der Waals surface area (Å²) in [6.45, 7) is 3.57. The van der Waals surface area contributed by atoms with Crippen LogP contribution in [0.25, 0.3) is 5.69 Å². The first kappa shape index (κ1) is 22.0. The molecule has 0 spiro atoms. The largest absolute Gasteiger partial charge is 0.484 e. The molecule has 1 aromatic heterocycles. The number of amides is 1. The second-order valence-corrected chi connectivity index (χ2v) is 7.66. The lowest BCUT2D eigenvalue weighted by atomic mass is 10.2. The Balaban J connectivity index is 1.38. The van der Waals surface area contributed by atoms with E-state index in [1.165, 1.54) is 4.68 Å². The molecule has 7 nitrogen and oxygen atoms in total. The number of para-hydroxylation sites is 1. The Morgan fingerprint density at radius 2 is 1.42 bits per heavy atom. The standard InChI is InChI=1S/C26H25N3O4/c1-18-9-11-22(12-10-18)33-23-15-13-21(14-16-23)32-17-24(30)27-25-19(2)28(3)29(26(25)31)20-7-5-4-6-8-20/h4-16H,17H2,1-3H3,(H,27,30). The number of ether oxygens (including phenoxy) is 2. The van der Waals surface area contributed by atoms with Gasteiger partial charge in [-0.15, -0.1) is 0 Å². The molecule has 4 rings (SSSR count). The molecule has 3 aromatic carbocycles. The lowest BCUT2D eigenvalue weighted by Gasteiger charge is -2.09. The van der Waals surface area contributed by atoms with Crippen LogP contribution in [0.1, 0.15) is 11.3 Å². The minimum Gasteiger partial charge on any atom is -0.484 e. The second kappa shape index (κ2) is 9.48. The van der Waals surface area contributed by atoms with Crippen molar-refractivity contribution in [3.05, 3.63) is 100 Å². The fourth-order valence-electron chi connectivity index (χ4n) is 3.38. The van der Waals surface area contributed by atoms with Crippen LogP contribution in [0, 0.1) is 13.8 Å². The van der Waals surface area contributed by atoms with E-state index in [0.717, 1.165) is 17.0 Å². The van der Waals surface area contributed by atoms with Crippen molar-refractivity contribution in [2.45, 2.75) is 13.8 Å². The van der Waals surface area contributed by atoms with Crippen LogP contribution in [-0.2, 0) is 11.8 Å². The molecule has 4 aromatic rings. The first-order chi connectivity index (χ1) is 15.9. The smallest absolute Gasteiger partial charge is 0.295 e. The van der Waals surface area contributed by atoms with Crippen LogP contribution in [0.4, 0.5) is 5.69 Å². The van der Waals surface area contributed by atoms with Gasteiger partial charge in [-0.05, 0) is 62.4 Å². The van der Waals surface area contributed by atoms with E-state index >= 15 is 0 Å². The summed E-state index contributed by atoms with van der Waals surface area (Å²) < 4.78 is 14.6. The second-order valence-electron chi connectivity index (χ2n) is 7.66. The first-order valence-electron chi connectivity index (χ1n) is 10.5. The number of carbonyl (C=O) groups excluding carboxylic acids is 1. The number of carbonyl (C=O) groups is 1. The van der Waals surface area contributed by atoms with Crippen LogP contribution in [0.5, 0.6) is 17.2 Å². The number of aryl methyl sites for hydroxylation is 1. The number of rotatable bonds is 7. The van der Waals surface area contributed by atoms with Crippen molar-refractivity contribution >= 4 is 11.6 Å². The van der Waals surface area contributed by atoms with Gasteiger partial charge in [0.25, 0.3) is 11.5 Å². The zero-order valence-corrected chi connectivity index (χ0v) is 18.7. The normalized spacial score (nSPS) is 10.6. The van der Waals surface area contributed by atoms with E-state index in [0.29, 0.717) is 17.2 Å². The van der Waals surface area contributed by atoms with Crippen LogP contribution < -0.4 is 20.3 Å². The molecule has 0 bridgehead atoms. The molecule has 0 unspecified atom stereocenters. The van der Waals surface area contributed by atoms with Crippen LogP contribution in [-0.4, -0.2) is 21.9 Å². The molecule has 0 saturated carbocycles. The average Bonchev–Trinajstić information content (AvgIpc) is 3.03. The third-order valence-corrected chi connectivity index (χ3v) is 5.27. The van der Waals surface area contributed by atoms with E-state index in [1.807, 2.05) is 61.5 Å². The molecule has 0 saturated heterocycles. The van der Waals surface area contributed by atoms with Gasteiger partial charge in [-0.3, -0.25) is 14.3 Å². The highest BCUT2D eigenvalue weighted by Crippen LogP contribution is 2.24. The quantitative estimate of drug-likeness (QED) is 0.453. The summed E-state index contributed by atoms with van der Waals surface area (Å²) in [7, 11) is 1.77. The van der Waals surface area contributed by atoms with Gasteiger partial charge in [0.05, 0.1) is 11.4 Å². The van der Waals surface area contributed by atoms with Crippen molar-refractivity contribution in [3.8, 4) is 22.9 Å². The maximum absolute atomic E-state index is 12.9. The third kappa shape index (κ3) is 4.98. The molecule has 0 atom stereocenters. The number of hydrogen-bond acceptors (Lipinski definition) is 4. The van der Waals surface area contributed by atoms with Gasteiger partial charge < -0.3 is 14.8 Å². The zero-order valence-electron chi connectivity index (χ0n) is 18.7. The minimum absolute atomic E-state index is 0.225. The molecule has 1 heterocycles. The molecule has 0 aliphatic carbocycles. The summed E-state index contributed by atoms with van der Waals surface area (Å²) in [5.41, 5.74) is 2.46. The zero-order chi connectivity index (χ0) is 23.4. The molecule has 7 heteroatoms. The monoisotopic (exact) mass is 443 g/mol. The molecule has 33 heavy (non-hydrogen) atoms. The summed E-state index contributed by atoms with van der Waals surface area (Å²) in [5, 5.41) is 2.69. The van der Waals surface area contributed by atoms with E-state index in [9.17, 15) is 9.59 Å². The number of benzene rings is 3. The van der Waals surface area contributed by atoms with E-state index in [-0.39, 0.29) is 17.9 Å². The van der Waals surface area contributed by atoms with E-state index < -0.39 is 5.91 Å². The van der Waals surface area contributed by atoms with Crippen LogP contribution in [0.3, 0.4) is 0 Å². The topological polar surface area (TPSA) is 74.5 Å². The highest BCUT2D eigenvalue weighted by molar-refractivity contribution is 5.92. The molecule has 0 fully saturated rings. The molecule has 1 N–H and O–H groups in total. The third-order valence-electron chi connectivity index (χ3n) is 5.27. The average molecular weight is 444 g/mol. The predicted octanol–water partition coefficient (Wildman–Crippen LogP) is 4.60. The highest BCUT2D eigenvalue weighted by Gasteiger charge is 2.18. The first-order valence-corrected chi connectivity index (χ1v) is 10.5. The number of hydrogen-bond donors (Lipinski definition) is 1. The molecule has 0 aliphatic heterocycles. The number of nitrogens with zero attached hydrogens (tertiary/aromatic N) is 2. The Morgan fingerprint density at radius 1 is 0.848 bits per heavy atom. The lowest BCUT2D eigenvalue weighted by Crippen LogP contribution is -2.25. The van der Waals surface area contributed by atoms with E-state index in [1.54, 1.807) is 42.9 Å². The number of aromatic nitrogens is 2. The maximum atomic E-state index is 12.9. The van der Waals surface area contributed by atoms with Crippen molar-refractivity contribution in [1.29, 1.82) is 0 Å². The fraction of sp³-hybridized carbons (Fsp3) is 0.154. The van der Waals surface area contributed by atoms with Gasteiger partial charge in [0.2, 0.25) is 0 Å². The van der Waals surface area contributed by atoms with Gasteiger partial charge in [-0.2, -0.15) is 0 Å².